The highest BCUT2D eigenvalue weighted by molar-refractivity contribution is 5.94. The second-order valence-corrected chi connectivity index (χ2v) is 4.98. The molecule has 1 N–H and O–H groups in total. The van der Waals surface area contributed by atoms with Crippen LogP contribution in [0.5, 0.6) is 17.2 Å². The van der Waals surface area contributed by atoms with Crippen molar-refractivity contribution in [3.8, 4) is 17.2 Å². The number of nitrogens with zero attached hydrogens (tertiary/aromatic N) is 1. The fourth-order valence-electron chi connectivity index (χ4n) is 2.31. The summed E-state index contributed by atoms with van der Waals surface area (Å²) in [6.45, 7) is 0.194. The van der Waals surface area contributed by atoms with Gasteiger partial charge in [0.25, 0.3) is 11.6 Å². The van der Waals surface area contributed by atoms with Crippen LogP contribution in [0.4, 0.5) is 5.69 Å². The van der Waals surface area contributed by atoms with Crippen molar-refractivity contribution in [1.29, 1.82) is 0 Å². The molecule has 0 saturated heterocycles. The van der Waals surface area contributed by atoms with E-state index < -0.39 is 4.92 Å². The first-order valence-corrected chi connectivity index (χ1v) is 7.32. The predicted molar refractivity (Wildman–Crippen MR) is 90.4 cm³/mol. The predicted octanol–water partition coefficient (Wildman–Crippen LogP) is 2.55. The van der Waals surface area contributed by atoms with Crippen LogP contribution < -0.4 is 19.5 Å². The van der Waals surface area contributed by atoms with Gasteiger partial charge in [0.05, 0.1) is 26.3 Å². The third-order valence-corrected chi connectivity index (χ3v) is 3.57. The van der Waals surface area contributed by atoms with Gasteiger partial charge in [-0.05, 0) is 24.3 Å². The van der Waals surface area contributed by atoms with Gasteiger partial charge in [0.1, 0.15) is 0 Å². The van der Waals surface area contributed by atoms with E-state index in [0.717, 1.165) is 0 Å². The van der Waals surface area contributed by atoms with Gasteiger partial charge in [-0.2, -0.15) is 0 Å². The highest BCUT2D eigenvalue weighted by atomic mass is 16.6. The number of nitro groups is 1. The van der Waals surface area contributed by atoms with Crippen molar-refractivity contribution in [2.75, 3.05) is 21.3 Å². The molecule has 0 atom stereocenters. The van der Waals surface area contributed by atoms with Crippen molar-refractivity contribution in [3.63, 3.8) is 0 Å². The summed E-state index contributed by atoms with van der Waals surface area (Å²) in [6.07, 6.45) is 0. The molecule has 0 heterocycles. The van der Waals surface area contributed by atoms with Crippen LogP contribution in [0.2, 0.25) is 0 Å². The Morgan fingerprint density at radius 1 is 1.00 bits per heavy atom. The molecule has 2 aromatic carbocycles. The van der Waals surface area contributed by atoms with E-state index in [-0.39, 0.29) is 18.1 Å². The average Bonchev–Trinajstić information content (AvgIpc) is 2.64. The lowest BCUT2D eigenvalue weighted by molar-refractivity contribution is -0.384. The van der Waals surface area contributed by atoms with Gasteiger partial charge in [-0.25, -0.2) is 0 Å². The minimum atomic E-state index is -0.518. The molecule has 132 valence electrons. The van der Waals surface area contributed by atoms with Crippen molar-refractivity contribution in [3.05, 3.63) is 57.6 Å². The highest BCUT2D eigenvalue weighted by Crippen LogP contribution is 2.39. The zero-order valence-electron chi connectivity index (χ0n) is 14.1. The second kappa shape index (κ2) is 8.00. The topological polar surface area (TPSA) is 99.9 Å². The third kappa shape index (κ3) is 3.97. The molecule has 8 heteroatoms. The molecule has 0 aliphatic carbocycles. The van der Waals surface area contributed by atoms with Crippen molar-refractivity contribution >= 4 is 11.6 Å². The smallest absolute Gasteiger partial charge is 0.269 e. The number of methoxy groups -OCH3 is 3. The van der Waals surface area contributed by atoms with Crippen molar-refractivity contribution in [1.82, 2.24) is 5.32 Å². The lowest BCUT2D eigenvalue weighted by Gasteiger charge is -2.16. The number of hydrogen-bond acceptors (Lipinski definition) is 6. The summed E-state index contributed by atoms with van der Waals surface area (Å²) >= 11 is 0. The van der Waals surface area contributed by atoms with Crippen molar-refractivity contribution in [2.24, 2.45) is 0 Å². The molecule has 0 aromatic heterocycles. The second-order valence-electron chi connectivity index (χ2n) is 4.98. The van der Waals surface area contributed by atoms with E-state index in [1.807, 2.05) is 0 Å². The molecule has 0 unspecified atom stereocenters. The normalized spacial score (nSPS) is 10.0. The molecule has 2 rings (SSSR count). The Labute approximate surface area is 144 Å². The number of carbonyl (C=O) groups excluding carboxylic acids is 1. The van der Waals surface area contributed by atoms with Crippen LogP contribution >= 0.6 is 0 Å². The van der Waals surface area contributed by atoms with E-state index in [4.69, 9.17) is 14.2 Å². The summed E-state index contributed by atoms with van der Waals surface area (Å²) in [5, 5.41) is 13.4. The Morgan fingerprint density at radius 2 is 1.64 bits per heavy atom. The largest absolute Gasteiger partial charge is 0.493 e. The Hall–Kier alpha value is -3.29. The summed E-state index contributed by atoms with van der Waals surface area (Å²) in [7, 11) is 4.52. The first kappa shape index (κ1) is 18.1. The fraction of sp³-hybridized carbons (Fsp3) is 0.235. The Morgan fingerprint density at radius 3 is 2.16 bits per heavy atom. The van der Waals surface area contributed by atoms with E-state index in [1.165, 1.54) is 45.6 Å². The quantitative estimate of drug-likeness (QED) is 0.611. The van der Waals surface area contributed by atoms with Gasteiger partial charge in [-0.3, -0.25) is 14.9 Å². The van der Waals surface area contributed by atoms with Crippen molar-refractivity contribution in [2.45, 2.75) is 6.54 Å². The molecule has 0 spiro atoms. The first-order chi connectivity index (χ1) is 12.0. The molecule has 25 heavy (non-hydrogen) atoms. The van der Waals surface area contributed by atoms with Gasteiger partial charge in [0.15, 0.2) is 11.5 Å². The molecule has 0 radical (unpaired) electrons. The summed E-state index contributed by atoms with van der Waals surface area (Å²) in [5.41, 5.74) is 0.957. The highest BCUT2D eigenvalue weighted by Gasteiger charge is 2.16. The van der Waals surface area contributed by atoms with Gasteiger partial charge in [-0.1, -0.05) is 0 Å². The number of non-ortho nitro benzene ring substituents is 1. The molecule has 2 aromatic rings. The van der Waals surface area contributed by atoms with E-state index in [1.54, 1.807) is 12.1 Å². The zero-order chi connectivity index (χ0) is 18.4. The molecule has 0 fully saturated rings. The molecule has 0 aliphatic heterocycles. The van der Waals surface area contributed by atoms with Crippen LogP contribution in [-0.2, 0) is 6.54 Å². The van der Waals surface area contributed by atoms with Crippen LogP contribution in [0.1, 0.15) is 15.9 Å². The number of nitrogens with one attached hydrogen (secondary N) is 1. The summed E-state index contributed by atoms with van der Waals surface area (Å²) in [5.74, 6) is 1.06. The van der Waals surface area contributed by atoms with Gasteiger partial charge in [0, 0.05) is 29.8 Å². The molecule has 0 bridgehead atoms. The Balaban J connectivity index is 2.15. The molecule has 1 amide bonds. The number of hydrogen-bond donors (Lipinski definition) is 1. The maximum Gasteiger partial charge on any atom is 0.269 e. The van der Waals surface area contributed by atoms with Crippen LogP contribution in [0.15, 0.2) is 36.4 Å². The number of carbonyl (C=O) groups is 1. The van der Waals surface area contributed by atoms with Crippen LogP contribution in [0, 0.1) is 10.1 Å². The number of ether oxygens (including phenoxy) is 3. The van der Waals surface area contributed by atoms with Gasteiger partial charge < -0.3 is 19.5 Å². The van der Waals surface area contributed by atoms with E-state index in [2.05, 4.69) is 5.32 Å². The summed E-state index contributed by atoms with van der Waals surface area (Å²) in [4.78, 5) is 22.3. The lowest BCUT2D eigenvalue weighted by Crippen LogP contribution is -2.23. The maximum atomic E-state index is 12.2. The molecular weight excluding hydrogens is 328 g/mol. The van der Waals surface area contributed by atoms with Crippen LogP contribution in [0.25, 0.3) is 0 Å². The van der Waals surface area contributed by atoms with E-state index >= 15 is 0 Å². The Bertz CT molecular complexity index is 773. The minimum Gasteiger partial charge on any atom is -0.493 e. The standard InChI is InChI=1S/C17H18N2O6/c1-23-14-9-6-12(15(24-2)16(14)25-3)10-18-17(20)11-4-7-13(8-5-11)19(21)22/h4-9H,10H2,1-3H3,(H,18,20). The summed E-state index contributed by atoms with van der Waals surface area (Å²) < 4.78 is 15.9. The lowest BCUT2D eigenvalue weighted by atomic mass is 10.1. The van der Waals surface area contributed by atoms with Crippen LogP contribution in [-0.4, -0.2) is 32.2 Å². The first-order valence-electron chi connectivity index (χ1n) is 7.32. The third-order valence-electron chi connectivity index (χ3n) is 3.57. The maximum absolute atomic E-state index is 12.2. The van der Waals surface area contributed by atoms with Crippen LogP contribution in [0.3, 0.4) is 0 Å². The number of rotatable bonds is 7. The SMILES string of the molecule is COc1ccc(CNC(=O)c2ccc([N+](=O)[O-])cc2)c(OC)c1OC. The monoisotopic (exact) mass is 346 g/mol. The Kier molecular flexibility index (Phi) is 5.78. The molecule has 0 saturated carbocycles. The van der Waals surface area contributed by atoms with Gasteiger partial charge >= 0.3 is 0 Å². The fourth-order valence-corrected chi connectivity index (χ4v) is 2.31. The number of benzene rings is 2. The van der Waals surface area contributed by atoms with E-state index in [0.29, 0.717) is 28.4 Å². The molecular formula is C17H18N2O6. The van der Waals surface area contributed by atoms with Crippen molar-refractivity contribution < 1.29 is 23.9 Å². The van der Waals surface area contributed by atoms with E-state index in [9.17, 15) is 14.9 Å². The summed E-state index contributed by atoms with van der Waals surface area (Å²) in [6, 6.07) is 8.85. The number of nitro benzene ring substituents is 1. The minimum absolute atomic E-state index is 0.0712. The zero-order valence-corrected chi connectivity index (χ0v) is 14.1. The molecule has 0 aliphatic rings. The van der Waals surface area contributed by atoms with Gasteiger partial charge in [0.2, 0.25) is 5.75 Å². The molecule has 8 nitrogen and oxygen atoms in total. The average molecular weight is 346 g/mol. The van der Waals surface area contributed by atoms with Gasteiger partial charge in [-0.15, -0.1) is 0 Å². The number of amides is 1.